The Kier molecular flexibility index (Phi) is 5.94. The number of likely N-dealkylation sites (tertiary alicyclic amines) is 1. The van der Waals surface area contributed by atoms with Gasteiger partial charge in [-0.25, -0.2) is 9.78 Å². The molecule has 1 aliphatic heterocycles. The summed E-state index contributed by atoms with van der Waals surface area (Å²) in [6.45, 7) is 6.29. The SMILES string of the molecule is CC1CCCCN1CCCNCc1csc(C(=O)O)n1. The molecule has 1 atom stereocenters. The van der Waals surface area contributed by atoms with Crippen LogP contribution in [0, 0.1) is 0 Å². The molecule has 0 radical (unpaired) electrons. The van der Waals surface area contributed by atoms with Gasteiger partial charge in [-0.15, -0.1) is 11.3 Å². The standard InChI is InChI=1S/C14H23N3O2S/c1-11-5-2-3-7-17(11)8-4-6-15-9-12-10-20-13(16-12)14(18)19/h10-11,15H,2-9H2,1H3,(H,18,19). The molecule has 112 valence electrons. The van der Waals surface area contributed by atoms with Gasteiger partial charge in [0.05, 0.1) is 5.69 Å². The number of rotatable bonds is 7. The van der Waals surface area contributed by atoms with E-state index in [-0.39, 0.29) is 5.01 Å². The Labute approximate surface area is 124 Å². The molecule has 0 aromatic carbocycles. The van der Waals surface area contributed by atoms with Gasteiger partial charge in [0.25, 0.3) is 0 Å². The molecule has 6 heteroatoms. The lowest BCUT2D eigenvalue weighted by Crippen LogP contribution is -2.38. The lowest BCUT2D eigenvalue weighted by atomic mass is 10.0. The average Bonchev–Trinajstić information content (AvgIpc) is 2.89. The summed E-state index contributed by atoms with van der Waals surface area (Å²) >= 11 is 1.19. The van der Waals surface area contributed by atoms with Gasteiger partial charge >= 0.3 is 5.97 Å². The highest BCUT2D eigenvalue weighted by molar-refractivity contribution is 7.11. The smallest absolute Gasteiger partial charge is 0.365 e. The van der Waals surface area contributed by atoms with Crippen molar-refractivity contribution < 1.29 is 9.90 Å². The Bertz CT molecular complexity index is 436. The molecule has 0 bridgehead atoms. The summed E-state index contributed by atoms with van der Waals surface area (Å²) in [6.07, 6.45) is 5.14. The summed E-state index contributed by atoms with van der Waals surface area (Å²) in [7, 11) is 0. The minimum atomic E-state index is -0.944. The van der Waals surface area contributed by atoms with Crippen LogP contribution in [-0.2, 0) is 6.54 Å². The molecule has 2 rings (SSSR count). The molecule has 1 aromatic heterocycles. The van der Waals surface area contributed by atoms with Crippen LogP contribution in [0.15, 0.2) is 5.38 Å². The van der Waals surface area contributed by atoms with Gasteiger partial charge in [0.15, 0.2) is 0 Å². The zero-order valence-electron chi connectivity index (χ0n) is 12.0. The van der Waals surface area contributed by atoms with Crippen molar-refractivity contribution in [1.82, 2.24) is 15.2 Å². The topological polar surface area (TPSA) is 65.5 Å². The summed E-state index contributed by atoms with van der Waals surface area (Å²) in [4.78, 5) is 17.3. The van der Waals surface area contributed by atoms with Crippen LogP contribution in [0.2, 0.25) is 0 Å². The van der Waals surface area contributed by atoms with Crippen molar-refractivity contribution in [2.45, 2.75) is 45.2 Å². The first-order valence-corrected chi connectivity index (χ1v) is 8.17. The molecule has 20 heavy (non-hydrogen) atoms. The number of nitrogens with one attached hydrogen (secondary N) is 1. The number of hydrogen-bond acceptors (Lipinski definition) is 5. The molecule has 0 saturated carbocycles. The molecular formula is C14H23N3O2S. The minimum Gasteiger partial charge on any atom is -0.476 e. The van der Waals surface area contributed by atoms with E-state index in [9.17, 15) is 4.79 Å². The van der Waals surface area contributed by atoms with E-state index in [0.29, 0.717) is 6.54 Å². The van der Waals surface area contributed by atoms with Crippen LogP contribution < -0.4 is 5.32 Å². The predicted octanol–water partition coefficient (Wildman–Crippen LogP) is 2.20. The fourth-order valence-corrected chi connectivity index (χ4v) is 3.25. The second-order valence-corrected chi connectivity index (χ2v) is 6.22. The lowest BCUT2D eigenvalue weighted by Gasteiger charge is -2.33. The van der Waals surface area contributed by atoms with E-state index in [0.717, 1.165) is 31.2 Å². The molecule has 0 amide bonds. The Hall–Kier alpha value is -0.980. The van der Waals surface area contributed by atoms with E-state index < -0.39 is 5.97 Å². The fourth-order valence-electron chi connectivity index (χ4n) is 2.60. The summed E-state index contributed by atoms with van der Waals surface area (Å²) in [6, 6.07) is 0.723. The molecule has 1 fully saturated rings. The number of carboxylic acids is 1. The normalized spacial score (nSPS) is 20.1. The van der Waals surface area contributed by atoms with Crippen molar-refractivity contribution in [2.75, 3.05) is 19.6 Å². The van der Waals surface area contributed by atoms with Crippen LogP contribution in [-0.4, -0.2) is 46.6 Å². The van der Waals surface area contributed by atoms with Gasteiger partial charge < -0.3 is 15.3 Å². The maximum Gasteiger partial charge on any atom is 0.365 e. The number of carbonyl (C=O) groups is 1. The molecule has 5 nitrogen and oxygen atoms in total. The summed E-state index contributed by atoms with van der Waals surface area (Å²) in [5.41, 5.74) is 0.818. The third kappa shape index (κ3) is 4.54. The fraction of sp³-hybridized carbons (Fsp3) is 0.714. The van der Waals surface area contributed by atoms with E-state index in [4.69, 9.17) is 5.11 Å². The Morgan fingerprint density at radius 2 is 2.45 bits per heavy atom. The van der Waals surface area contributed by atoms with E-state index >= 15 is 0 Å². The van der Waals surface area contributed by atoms with Crippen LogP contribution in [0.3, 0.4) is 0 Å². The number of carboxylic acid groups (broad SMARTS) is 1. The van der Waals surface area contributed by atoms with Gasteiger partial charge in [0.1, 0.15) is 0 Å². The van der Waals surface area contributed by atoms with Crippen LogP contribution in [0.1, 0.15) is 48.1 Å². The first-order chi connectivity index (χ1) is 9.66. The largest absolute Gasteiger partial charge is 0.476 e. The molecule has 0 spiro atoms. The van der Waals surface area contributed by atoms with Crippen molar-refractivity contribution in [3.05, 3.63) is 16.1 Å². The van der Waals surface area contributed by atoms with Crippen LogP contribution in [0.5, 0.6) is 0 Å². The van der Waals surface area contributed by atoms with Crippen molar-refractivity contribution >= 4 is 17.3 Å². The van der Waals surface area contributed by atoms with E-state index in [1.165, 1.54) is 37.1 Å². The number of piperidine rings is 1. The zero-order valence-corrected chi connectivity index (χ0v) is 12.8. The van der Waals surface area contributed by atoms with Gasteiger partial charge in [0.2, 0.25) is 5.01 Å². The summed E-state index contributed by atoms with van der Waals surface area (Å²) < 4.78 is 0. The van der Waals surface area contributed by atoms with Gasteiger partial charge in [-0.05, 0) is 45.8 Å². The van der Waals surface area contributed by atoms with Crippen molar-refractivity contribution in [1.29, 1.82) is 0 Å². The Morgan fingerprint density at radius 1 is 1.60 bits per heavy atom. The predicted molar refractivity (Wildman–Crippen MR) is 80.3 cm³/mol. The highest BCUT2D eigenvalue weighted by Crippen LogP contribution is 2.16. The molecule has 1 aromatic rings. The van der Waals surface area contributed by atoms with Crippen LogP contribution >= 0.6 is 11.3 Å². The molecule has 1 aliphatic rings. The zero-order chi connectivity index (χ0) is 14.4. The first-order valence-electron chi connectivity index (χ1n) is 7.29. The summed E-state index contributed by atoms with van der Waals surface area (Å²) in [5, 5.41) is 14.1. The average molecular weight is 297 g/mol. The van der Waals surface area contributed by atoms with Crippen molar-refractivity contribution in [2.24, 2.45) is 0 Å². The minimum absolute atomic E-state index is 0.170. The Balaban J connectivity index is 1.60. The maximum absolute atomic E-state index is 10.7. The van der Waals surface area contributed by atoms with Gasteiger partial charge in [0, 0.05) is 18.0 Å². The van der Waals surface area contributed by atoms with Crippen LogP contribution in [0.25, 0.3) is 0 Å². The molecule has 0 aliphatic carbocycles. The molecule has 2 heterocycles. The quantitative estimate of drug-likeness (QED) is 0.755. The second-order valence-electron chi connectivity index (χ2n) is 5.36. The van der Waals surface area contributed by atoms with Gasteiger partial charge in [-0.2, -0.15) is 0 Å². The molecular weight excluding hydrogens is 274 g/mol. The number of nitrogens with zero attached hydrogens (tertiary/aromatic N) is 2. The highest BCUT2D eigenvalue weighted by atomic mass is 32.1. The number of aromatic carboxylic acids is 1. The third-order valence-corrected chi connectivity index (χ3v) is 4.66. The highest BCUT2D eigenvalue weighted by Gasteiger charge is 2.17. The van der Waals surface area contributed by atoms with Crippen molar-refractivity contribution in [3.8, 4) is 0 Å². The number of hydrogen-bond donors (Lipinski definition) is 2. The monoisotopic (exact) mass is 297 g/mol. The first kappa shape index (κ1) is 15.4. The maximum atomic E-state index is 10.7. The van der Waals surface area contributed by atoms with Crippen molar-refractivity contribution in [3.63, 3.8) is 0 Å². The molecule has 1 saturated heterocycles. The van der Waals surface area contributed by atoms with Gasteiger partial charge in [-0.3, -0.25) is 0 Å². The van der Waals surface area contributed by atoms with E-state index in [1.807, 2.05) is 5.38 Å². The molecule has 2 N–H and O–H groups in total. The summed E-state index contributed by atoms with van der Waals surface area (Å²) in [5.74, 6) is -0.944. The van der Waals surface area contributed by atoms with Gasteiger partial charge in [-0.1, -0.05) is 6.42 Å². The lowest BCUT2D eigenvalue weighted by molar-refractivity contribution is 0.0696. The Morgan fingerprint density at radius 3 is 3.15 bits per heavy atom. The third-order valence-electron chi connectivity index (χ3n) is 3.78. The second kappa shape index (κ2) is 7.71. The van der Waals surface area contributed by atoms with E-state index in [2.05, 4.69) is 22.1 Å². The number of aromatic nitrogens is 1. The number of thiazole rings is 1. The van der Waals surface area contributed by atoms with E-state index in [1.54, 1.807) is 0 Å². The molecule has 1 unspecified atom stereocenters. The van der Waals surface area contributed by atoms with Crippen LogP contribution in [0.4, 0.5) is 0 Å².